The quantitative estimate of drug-likeness (QED) is 0.833. The summed E-state index contributed by atoms with van der Waals surface area (Å²) in [6, 6.07) is 2.69. The van der Waals surface area contributed by atoms with Gasteiger partial charge >= 0.3 is 0 Å². The molecular formula is C12H19BrN2. The molecular weight excluding hydrogens is 252 g/mol. The lowest BCUT2D eigenvalue weighted by atomic mass is 10.1. The minimum atomic E-state index is 0.518. The highest BCUT2D eigenvalue weighted by atomic mass is 79.9. The van der Waals surface area contributed by atoms with E-state index in [2.05, 4.69) is 53.1 Å². The van der Waals surface area contributed by atoms with Gasteiger partial charge in [0.05, 0.1) is 0 Å². The van der Waals surface area contributed by atoms with Crippen LogP contribution in [0.5, 0.6) is 0 Å². The van der Waals surface area contributed by atoms with Crippen molar-refractivity contribution in [2.75, 3.05) is 5.33 Å². The number of nitrogens with zero attached hydrogens (tertiary/aromatic N) is 1. The molecule has 2 nitrogen and oxygen atoms in total. The minimum Gasteiger partial charge on any atom is -0.310 e. The fourth-order valence-corrected chi connectivity index (χ4v) is 1.89. The summed E-state index contributed by atoms with van der Waals surface area (Å²) in [6.07, 6.45) is 3.81. The molecule has 0 aliphatic carbocycles. The molecule has 0 saturated carbocycles. The maximum absolute atomic E-state index is 4.18. The SMILES string of the molecule is Cc1cncc(CNC(C)C(C)CBr)c1. The van der Waals surface area contributed by atoms with Crippen molar-refractivity contribution >= 4 is 15.9 Å². The van der Waals surface area contributed by atoms with Crippen LogP contribution in [0.1, 0.15) is 25.0 Å². The van der Waals surface area contributed by atoms with Crippen molar-refractivity contribution in [3.63, 3.8) is 0 Å². The van der Waals surface area contributed by atoms with E-state index in [4.69, 9.17) is 0 Å². The zero-order valence-corrected chi connectivity index (χ0v) is 11.2. The Kier molecular flexibility index (Phi) is 5.26. The minimum absolute atomic E-state index is 0.518. The second kappa shape index (κ2) is 6.23. The van der Waals surface area contributed by atoms with Gasteiger partial charge in [-0.15, -0.1) is 0 Å². The highest BCUT2D eigenvalue weighted by Gasteiger charge is 2.09. The van der Waals surface area contributed by atoms with Crippen LogP contribution in [0.15, 0.2) is 18.5 Å². The first-order valence-corrected chi connectivity index (χ1v) is 6.45. The van der Waals surface area contributed by atoms with E-state index >= 15 is 0 Å². The molecule has 2 unspecified atom stereocenters. The topological polar surface area (TPSA) is 24.9 Å². The van der Waals surface area contributed by atoms with Gasteiger partial charge in [0, 0.05) is 30.3 Å². The molecule has 0 aliphatic heterocycles. The van der Waals surface area contributed by atoms with Crippen LogP contribution in [0.25, 0.3) is 0 Å². The van der Waals surface area contributed by atoms with Crippen molar-refractivity contribution in [1.82, 2.24) is 10.3 Å². The molecule has 1 heterocycles. The summed E-state index contributed by atoms with van der Waals surface area (Å²) in [5, 5.41) is 4.54. The molecule has 0 aliphatic rings. The molecule has 0 amide bonds. The van der Waals surface area contributed by atoms with E-state index in [-0.39, 0.29) is 0 Å². The fraction of sp³-hybridized carbons (Fsp3) is 0.583. The number of aryl methyl sites for hydroxylation is 1. The molecule has 0 saturated heterocycles. The summed E-state index contributed by atoms with van der Waals surface area (Å²) in [4.78, 5) is 4.18. The summed E-state index contributed by atoms with van der Waals surface area (Å²) < 4.78 is 0. The van der Waals surface area contributed by atoms with Crippen LogP contribution in [0.2, 0.25) is 0 Å². The van der Waals surface area contributed by atoms with Crippen LogP contribution in [-0.4, -0.2) is 16.4 Å². The monoisotopic (exact) mass is 270 g/mol. The fourth-order valence-electron chi connectivity index (χ4n) is 1.33. The van der Waals surface area contributed by atoms with Crippen molar-refractivity contribution in [3.8, 4) is 0 Å². The molecule has 1 aromatic heterocycles. The first-order chi connectivity index (χ1) is 7.13. The normalized spacial score (nSPS) is 14.9. The molecule has 15 heavy (non-hydrogen) atoms. The second-order valence-corrected chi connectivity index (χ2v) is 4.82. The zero-order valence-electron chi connectivity index (χ0n) is 9.63. The summed E-state index contributed by atoms with van der Waals surface area (Å²) in [6.45, 7) is 7.42. The highest BCUT2D eigenvalue weighted by molar-refractivity contribution is 9.09. The first kappa shape index (κ1) is 12.7. The van der Waals surface area contributed by atoms with Gasteiger partial charge in [0.15, 0.2) is 0 Å². The van der Waals surface area contributed by atoms with Gasteiger partial charge in [-0.2, -0.15) is 0 Å². The van der Waals surface area contributed by atoms with Crippen molar-refractivity contribution < 1.29 is 0 Å². The Morgan fingerprint density at radius 3 is 2.73 bits per heavy atom. The van der Waals surface area contributed by atoms with E-state index in [1.54, 1.807) is 0 Å². The number of pyridine rings is 1. The van der Waals surface area contributed by atoms with Crippen molar-refractivity contribution in [2.45, 2.75) is 33.4 Å². The number of rotatable bonds is 5. The van der Waals surface area contributed by atoms with Gasteiger partial charge in [-0.3, -0.25) is 4.98 Å². The molecule has 0 bridgehead atoms. The molecule has 0 aromatic carbocycles. The third-order valence-corrected chi connectivity index (χ3v) is 3.68. The van der Waals surface area contributed by atoms with E-state index in [9.17, 15) is 0 Å². The Morgan fingerprint density at radius 2 is 2.13 bits per heavy atom. The maximum Gasteiger partial charge on any atom is 0.0313 e. The summed E-state index contributed by atoms with van der Waals surface area (Å²) in [5.41, 5.74) is 2.47. The van der Waals surface area contributed by atoms with Crippen LogP contribution in [0.3, 0.4) is 0 Å². The van der Waals surface area contributed by atoms with E-state index in [1.165, 1.54) is 11.1 Å². The number of aromatic nitrogens is 1. The predicted molar refractivity (Wildman–Crippen MR) is 68.2 cm³/mol. The van der Waals surface area contributed by atoms with E-state index < -0.39 is 0 Å². The van der Waals surface area contributed by atoms with Crippen LogP contribution in [0.4, 0.5) is 0 Å². The van der Waals surface area contributed by atoms with Gasteiger partial charge in [0.25, 0.3) is 0 Å². The van der Waals surface area contributed by atoms with Crippen molar-refractivity contribution in [1.29, 1.82) is 0 Å². The summed E-state index contributed by atoms with van der Waals surface area (Å²) >= 11 is 3.50. The average molecular weight is 271 g/mol. The first-order valence-electron chi connectivity index (χ1n) is 5.33. The van der Waals surface area contributed by atoms with Gasteiger partial charge in [-0.25, -0.2) is 0 Å². The molecule has 0 spiro atoms. The highest BCUT2D eigenvalue weighted by Crippen LogP contribution is 2.07. The second-order valence-electron chi connectivity index (χ2n) is 4.17. The molecule has 3 heteroatoms. The van der Waals surface area contributed by atoms with Gasteiger partial charge < -0.3 is 5.32 Å². The molecule has 1 N–H and O–H groups in total. The predicted octanol–water partition coefficient (Wildman–Crippen LogP) is 2.90. The van der Waals surface area contributed by atoms with Gasteiger partial charge in [0.1, 0.15) is 0 Å². The Hall–Kier alpha value is -0.410. The molecule has 84 valence electrons. The Bertz CT molecular complexity index is 301. The van der Waals surface area contributed by atoms with Gasteiger partial charge in [0.2, 0.25) is 0 Å². The van der Waals surface area contributed by atoms with Gasteiger partial charge in [-0.05, 0) is 30.9 Å². The number of alkyl halides is 1. The Labute approximate surface area is 101 Å². The molecule has 1 aromatic rings. The molecule has 0 radical (unpaired) electrons. The smallest absolute Gasteiger partial charge is 0.0313 e. The van der Waals surface area contributed by atoms with Crippen LogP contribution in [0, 0.1) is 12.8 Å². The molecule has 1 rings (SSSR count). The van der Waals surface area contributed by atoms with Crippen LogP contribution < -0.4 is 5.32 Å². The van der Waals surface area contributed by atoms with Crippen LogP contribution in [-0.2, 0) is 6.54 Å². The number of nitrogens with one attached hydrogen (secondary N) is 1. The molecule has 0 fully saturated rings. The Balaban J connectivity index is 2.43. The van der Waals surface area contributed by atoms with E-state index in [0.29, 0.717) is 12.0 Å². The average Bonchev–Trinajstić information content (AvgIpc) is 2.25. The van der Waals surface area contributed by atoms with Crippen molar-refractivity contribution in [3.05, 3.63) is 29.6 Å². The lowest BCUT2D eigenvalue weighted by Gasteiger charge is -2.19. The lowest BCUT2D eigenvalue weighted by Crippen LogP contribution is -2.32. The lowest BCUT2D eigenvalue weighted by molar-refractivity contribution is 0.433. The third-order valence-electron chi connectivity index (χ3n) is 2.66. The standard InChI is InChI=1S/C12H19BrN2/c1-9-4-12(7-14-6-9)8-15-11(3)10(2)5-13/h4,6-7,10-11,15H,5,8H2,1-3H3. The Morgan fingerprint density at radius 1 is 1.40 bits per heavy atom. The number of hydrogen-bond donors (Lipinski definition) is 1. The largest absolute Gasteiger partial charge is 0.310 e. The maximum atomic E-state index is 4.18. The zero-order chi connectivity index (χ0) is 11.3. The van der Waals surface area contributed by atoms with E-state index in [1.807, 2.05) is 12.4 Å². The van der Waals surface area contributed by atoms with Crippen molar-refractivity contribution in [2.24, 2.45) is 5.92 Å². The molecule has 2 atom stereocenters. The third kappa shape index (κ3) is 4.31. The number of hydrogen-bond acceptors (Lipinski definition) is 2. The number of halogens is 1. The summed E-state index contributed by atoms with van der Waals surface area (Å²) in [5.74, 6) is 0.641. The van der Waals surface area contributed by atoms with Gasteiger partial charge in [-0.1, -0.05) is 28.9 Å². The summed E-state index contributed by atoms with van der Waals surface area (Å²) in [7, 11) is 0. The van der Waals surface area contributed by atoms with E-state index in [0.717, 1.165) is 11.9 Å². The van der Waals surface area contributed by atoms with Crippen LogP contribution >= 0.6 is 15.9 Å².